The van der Waals surface area contributed by atoms with Crippen LogP contribution in [0.5, 0.6) is 0 Å². The lowest BCUT2D eigenvalue weighted by Gasteiger charge is -2.13. The quantitative estimate of drug-likeness (QED) is 0.587. The molecule has 140 valence electrons. The zero-order chi connectivity index (χ0) is 18.8. The molecule has 5 rings (SSSR count). The third-order valence-electron chi connectivity index (χ3n) is 5.17. The van der Waals surface area contributed by atoms with Crippen molar-refractivity contribution in [1.82, 2.24) is 29.6 Å². The lowest BCUT2D eigenvalue weighted by molar-refractivity contribution is 0.476. The van der Waals surface area contributed by atoms with E-state index in [1.165, 1.54) is 11.3 Å². The number of rotatable bonds is 5. The Hall–Kier alpha value is -3.25. The van der Waals surface area contributed by atoms with Crippen molar-refractivity contribution in [3.8, 4) is 17.2 Å². The monoisotopic (exact) mass is 370 g/mol. The van der Waals surface area contributed by atoms with Crippen molar-refractivity contribution in [3.63, 3.8) is 0 Å². The van der Waals surface area contributed by atoms with Crippen LogP contribution in [0.3, 0.4) is 0 Å². The van der Waals surface area contributed by atoms with Gasteiger partial charge in [-0.1, -0.05) is 24.3 Å². The fourth-order valence-electron chi connectivity index (χ4n) is 3.76. The topological polar surface area (TPSA) is 60.6 Å². The van der Waals surface area contributed by atoms with E-state index < -0.39 is 0 Å². The first kappa shape index (κ1) is 16.9. The fraction of sp³-hybridized carbons (Fsp3) is 0.227. The Bertz CT molecular complexity index is 1060. The Morgan fingerprint density at radius 2 is 1.89 bits per heavy atom. The van der Waals surface area contributed by atoms with Gasteiger partial charge in [0.1, 0.15) is 5.69 Å². The van der Waals surface area contributed by atoms with Crippen molar-refractivity contribution in [2.24, 2.45) is 0 Å². The summed E-state index contributed by atoms with van der Waals surface area (Å²) in [6.45, 7) is 2.71. The molecule has 0 fully saturated rings. The fourth-order valence-corrected chi connectivity index (χ4v) is 3.76. The molecule has 0 amide bonds. The van der Waals surface area contributed by atoms with Gasteiger partial charge in [0.25, 0.3) is 0 Å². The molecule has 0 bridgehead atoms. The lowest BCUT2D eigenvalue weighted by Crippen LogP contribution is -2.28. The third-order valence-corrected chi connectivity index (χ3v) is 5.17. The summed E-state index contributed by atoms with van der Waals surface area (Å²) in [7, 11) is 0. The van der Waals surface area contributed by atoms with Crippen molar-refractivity contribution >= 4 is 0 Å². The predicted molar refractivity (Wildman–Crippen MR) is 108 cm³/mol. The predicted octanol–water partition coefficient (Wildman–Crippen LogP) is 3.02. The highest BCUT2D eigenvalue weighted by Gasteiger charge is 2.17. The van der Waals surface area contributed by atoms with E-state index in [2.05, 4.69) is 60.9 Å². The molecule has 1 aromatic carbocycles. The summed E-state index contributed by atoms with van der Waals surface area (Å²) in [5.74, 6) is 0.882. The van der Waals surface area contributed by atoms with Gasteiger partial charge in [0.2, 0.25) is 0 Å². The van der Waals surface area contributed by atoms with Crippen LogP contribution >= 0.6 is 0 Å². The van der Waals surface area contributed by atoms with E-state index in [-0.39, 0.29) is 0 Å². The molecule has 0 saturated heterocycles. The largest absolute Gasteiger partial charge is 0.309 e. The van der Waals surface area contributed by atoms with Gasteiger partial charge in [-0.3, -0.25) is 14.2 Å². The SMILES string of the molecule is c1ccc(CCc2ccccc2-n2ccnc2-c2cc3n(n2)CCNC3)nc1. The van der Waals surface area contributed by atoms with Gasteiger partial charge in [0.05, 0.1) is 17.9 Å². The van der Waals surface area contributed by atoms with E-state index >= 15 is 0 Å². The number of pyridine rings is 1. The molecule has 6 nitrogen and oxygen atoms in total. The summed E-state index contributed by atoms with van der Waals surface area (Å²) in [6.07, 6.45) is 7.55. The van der Waals surface area contributed by atoms with Crippen molar-refractivity contribution in [2.75, 3.05) is 6.54 Å². The molecule has 0 unspecified atom stereocenters. The van der Waals surface area contributed by atoms with Crippen LogP contribution in [0, 0.1) is 0 Å². The van der Waals surface area contributed by atoms with Crippen LogP contribution in [0.2, 0.25) is 0 Å². The van der Waals surface area contributed by atoms with Crippen molar-refractivity contribution in [2.45, 2.75) is 25.9 Å². The molecular formula is C22H22N6. The first-order valence-electron chi connectivity index (χ1n) is 9.68. The maximum absolute atomic E-state index is 4.79. The minimum Gasteiger partial charge on any atom is -0.309 e. The van der Waals surface area contributed by atoms with Crippen LogP contribution in [0.25, 0.3) is 17.2 Å². The molecule has 0 radical (unpaired) electrons. The Kier molecular flexibility index (Phi) is 4.47. The van der Waals surface area contributed by atoms with E-state index in [4.69, 9.17) is 5.10 Å². The number of fused-ring (bicyclic) bond motifs is 1. The van der Waals surface area contributed by atoms with E-state index in [1.807, 2.05) is 30.7 Å². The summed E-state index contributed by atoms with van der Waals surface area (Å²) in [5.41, 5.74) is 5.66. The second kappa shape index (κ2) is 7.40. The molecule has 6 heteroatoms. The average molecular weight is 370 g/mol. The molecule has 0 aliphatic carbocycles. The smallest absolute Gasteiger partial charge is 0.165 e. The molecule has 28 heavy (non-hydrogen) atoms. The number of benzene rings is 1. The number of imidazole rings is 1. The van der Waals surface area contributed by atoms with Crippen LogP contribution < -0.4 is 5.32 Å². The normalized spacial score (nSPS) is 13.4. The number of aromatic nitrogens is 5. The standard InChI is InChI=1S/C22H22N6/c1-2-7-21(17(5-1)8-9-18-6-3-4-10-24-18)27-13-12-25-22(27)20-15-19-16-23-11-14-28(19)26-20/h1-7,10,12-13,15,23H,8-9,11,14,16H2. The van der Waals surface area contributed by atoms with Gasteiger partial charge in [0.15, 0.2) is 5.82 Å². The Morgan fingerprint density at radius 1 is 0.964 bits per heavy atom. The van der Waals surface area contributed by atoms with E-state index in [9.17, 15) is 0 Å². The van der Waals surface area contributed by atoms with E-state index in [1.54, 1.807) is 0 Å². The molecule has 1 aliphatic heterocycles. The average Bonchev–Trinajstić information content (AvgIpc) is 3.40. The molecule has 1 N–H and O–H groups in total. The van der Waals surface area contributed by atoms with Crippen LogP contribution in [0.1, 0.15) is 17.0 Å². The zero-order valence-electron chi connectivity index (χ0n) is 15.6. The first-order valence-corrected chi connectivity index (χ1v) is 9.68. The van der Waals surface area contributed by atoms with Gasteiger partial charge in [-0.2, -0.15) is 5.10 Å². The maximum Gasteiger partial charge on any atom is 0.165 e. The summed E-state index contributed by atoms with van der Waals surface area (Å²) < 4.78 is 4.23. The van der Waals surface area contributed by atoms with E-state index in [0.717, 1.165) is 55.4 Å². The number of hydrogen-bond donors (Lipinski definition) is 1. The molecular weight excluding hydrogens is 348 g/mol. The molecule has 3 aromatic heterocycles. The Labute approximate surface area is 163 Å². The summed E-state index contributed by atoms with van der Waals surface area (Å²) in [6, 6.07) is 16.7. The molecule has 0 saturated carbocycles. The number of nitrogens with zero attached hydrogens (tertiary/aromatic N) is 5. The highest BCUT2D eigenvalue weighted by molar-refractivity contribution is 5.56. The lowest BCUT2D eigenvalue weighted by atomic mass is 10.1. The van der Waals surface area contributed by atoms with Gasteiger partial charge < -0.3 is 5.32 Å². The highest BCUT2D eigenvalue weighted by Crippen LogP contribution is 2.25. The van der Waals surface area contributed by atoms with Crippen LogP contribution in [-0.2, 0) is 25.9 Å². The molecule has 1 aliphatic rings. The third kappa shape index (κ3) is 3.23. The summed E-state index contributed by atoms with van der Waals surface area (Å²) >= 11 is 0. The minimum atomic E-state index is 0.856. The summed E-state index contributed by atoms with van der Waals surface area (Å²) in [5, 5.41) is 8.18. The highest BCUT2D eigenvalue weighted by atomic mass is 15.3. The Balaban J connectivity index is 1.48. The maximum atomic E-state index is 4.79. The van der Waals surface area contributed by atoms with Gasteiger partial charge in [-0.25, -0.2) is 4.98 Å². The number of para-hydroxylation sites is 1. The Morgan fingerprint density at radius 3 is 2.79 bits per heavy atom. The van der Waals surface area contributed by atoms with Crippen molar-refractivity contribution in [1.29, 1.82) is 0 Å². The second-order valence-electron chi connectivity index (χ2n) is 6.99. The van der Waals surface area contributed by atoms with Crippen molar-refractivity contribution in [3.05, 3.63) is 84.1 Å². The first-order chi connectivity index (χ1) is 13.9. The van der Waals surface area contributed by atoms with Gasteiger partial charge in [0, 0.05) is 37.4 Å². The zero-order valence-corrected chi connectivity index (χ0v) is 15.6. The molecule has 0 atom stereocenters. The number of hydrogen-bond acceptors (Lipinski definition) is 4. The van der Waals surface area contributed by atoms with Crippen molar-refractivity contribution < 1.29 is 0 Å². The molecule has 4 aromatic rings. The number of nitrogens with one attached hydrogen (secondary N) is 1. The van der Waals surface area contributed by atoms with Crippen LogP contribution in [-0.4, -0.2) is 30.9 Å². The van der Waals surface area contributed by atoms with Gasteiger partial charge in [-0.05, 0) is 42.7 Å². The minimum absolute atomic E-state index is 0.856. The van der Waals surface area contributed by atoms with Gasteiger partial charge in [-0.15, -0.1) is 0 Å². The van der Waals surface area contributed by atoms with Crippen LogP contribution in [0.15, 0.2) is 67.1 Å². The van der Waals surface area contributed by atoms with E-state index in [0.29, 0.717) is 0 Å². The van der Waals surface area contributed by atoms with Crippen LogP contribution in [0.4, 0.5) is 0 Å². The van der Waals surface area contributed by atoms with Gasteiger partial charge >= 0.3 is 0 Å². The molecule has 0 spiro atoms. The summed E-state index contributed by atoms with van der Waals surface area (Å²) in [4.78, 5) is 9.07. The molecule has 4 heterocycles. The number of aryl methyl sites for hydroxylation is 2. The second-order valence-corrected chi connectivity index (χ2v) is 6.99.